The molecule has 1 fully saturated rings. The van der Waals surface area contributed by atoms with Crippen LogP contribution in [0.25, 0.3) is 5.69 Å². The molecule has 0 aliphatic heterocycles. The van der Waals surface area contributed by atoms with Crippen LogP contribution >= 0.6 is 11.8 Å². The smallest absolute Gasteiger partial charge is 0.0991 e. The molecular weight excluding hydrogens is 266 g/mol. The van der Waals surface area contributed by atoms with Crippen LogP contribution in [0.2, 0.25) is 0 Å². The van der Waals surface area contributed by atoms with Crippen LogP contribution in [-0.4, -0.2) is 27.1 Å². The SMILES string of the molecule is CSC1CCCC1NCc1ccc(-n2ccnc2)cc1. The minimum Gasteiger partial charge on any atom is -0.309 e. The van der Waals surface area contributed by atoms with Crippen LogP contribution in [0, 0.1) is 0 Å². The Morgan fingerprint density at radius 1 is 1.30 bits per heavy atom. The molecule has 1 aromatic heterocycles. The van der Waals surface area contributed by atoms with Gasteiger partial charge < -0.3 is 9.88 Å². The molecule has 0 bridgehead atoms. The van der Waals surface area contributed by atoms with Crippen molar-refractivity contribution in [2.75, 3.05) is 6.26 Å². The van der Waals surface area contributed by atoms with E-state index in [1.54, 1.807) is 6.20 Å². The zero-order valence-electron chi connectivity index (χ0n) is 11.8. The molecular formula is C16H21N3S. The first-order valence-electron chi connectivity index (χ1n) is 7.20. The molecule has 2 aromatic rings. The molecule has 20 heavy (non-hydrogen) atoms. The summed E-state index contributed by atoms with van der Waals surface area (Å²) in [4.78, 5) is 4.08. The lowest BCUT2D eigenvalue weighted by Gasteiger charge is -2.19. The van der Waals surface area contributed by atoms with Gasteiger partial charge in [0, 0.05) is 35.9 Å². The van der Waals surface area contributed by atoms with Crippen molar-refractivity contribution in [1.82, 2.24) is 14.9 Å². The van der Waals surface area contributed by atoms with Crippen LogP contribution in [0.15, 0.2) is 43.0 Å². The Bertz CT molecular complexity index is 521. The van der Waals surface area contributed by atoms with Crippen molar-refractivity contribution in [3.8, 4) is 5.69 Å². The summed E-state index contributed by atoms with van der Waals surface area (Å²) in [5.74, 6) is 0. The van der Waals surface area contributed by atoms with E-state index in [0.717, 1.165) is 17.5 Å². The molecule has 1 aliphatic rings. The number of rotatable bonds is 5. The van der Waals surface area contributed by atoms with Crippen molar-refractivity contribution in [2.24, 2.45) is 0 Å². The fraction of sp³-hybridized carbons (Fsp3) is 0.438. The molecule has 2 atom stereocenters. The molecule has 1 saturated carbocycles. The highest BCUT2D eigenvalue weighted by molar-refractivity contribution is 7.99. The van der Waals surface area contributed by atoms with Gasteiger partial charge in [-0.2, -0.15) is 11.8 Å². The van der Waals surface area contributed by atoms with Gasteiger partial charge in [0.05, 0.1) is 6.33 Å². The number of aromatic nitrogens is 2. The Labute approximate surface area is 124 Å². The maximum Gasteiger partial charge on any atom is 0.0991 e. The van der Waals surface area contributed by atoms with Gasteiger partial charge in [0.2, 0.25) is 0 Å². The van der Waals surface area contributed by atoms with Gasteiger partial charge in [-0.3, -0.25) is 0 Å². The fourth-order valence-electron chi connectivity index (χ4n) is 2.89. The Balaban J connectivity index is 1.58. The highest BCUT2D eigenvalue weighted by Crippen LogP contribution is 2.28. The van der Waals surface area contributed by atoms with E-state index in [2.05, 4.69) is 40.8 Å². The van der Waals surface area contributed by atoms with Crippen LogP contribution in [0.3, 0.4) is 0 Å². The van der Waals surface area contributed by atoms with Gasteiger partial charge in [-0.05, 0) is 36.8 Å². The molecule has 0 spiro atoms. The first-order valence-corrected chi connectivity index (χ1v) is 8.49. The van der Waals surface area contributed by atoms with Gasteiger partial charge in [-0.1, -0.05) is 18.6 Å². The lowest BCUT2D eigenvalue weighted by molar-refractivity contribution is 0.532. The first kappa shape index (κ1) is 13.7. The summed E-state index contributed by atoms with van der Waals surface area (Å²) >= 11 is 2.00. The van der Waals surface area contributed by atoms with E-state index in [9.17, 15) is 0 Å². The summed E-state index contributed by atoms with van der Waals surface area (Å²) in [7, 11) is 0. The molecule has 3 rings (SSSR count). The zero-order chi connectivity index (χ0) is 13.8. The molecule has 2 unspecified atom stereocenters. The first-order chi connectivity index (χ1) is 9.86. The monoisotopic (exact) mass is 287 g/mol. The van der Waals surface area contributed by atoms with Crippen LogP contribution in [0.1, 0.15) is 24.8 Å². The second kappa shape index (κ2) is 6.46. The maximum absolute atomic E-state index is 4.08. The minimum absolute atomic E-state index is 0.679. The van der Waals surface area contributed by atoms with Crippen molar-refractivity contribution < 1.29 is 0 Å². The van der Waals surface area contributed by atoms with Gasteiger partial charge in [0.1, 0.15) is 0 Å². The lowest BCUT2D eigenvalue weighted by atomic mass is 10.1. The topological polar surface area (TPSA) is 29.9 Å². The van der Waals surface area contributed by atoms with Crippen LogP contribution in [-0.2, 0) is 6.54 Å². The normalized spacial score (nSPS) is 22.2. The van der Waals surface area contributed by atoms with Crippen molar-refractivity contribution in [3.05, 3.63) is 48.5 Å². The molecule has 0 saturated heterocycles. The van der Waals surface area contributed by atoms with E-state index in [-0.39, 0.29) is 0 Å². The summed E-state index contributed by atoms with van der Waals surface area (Å²) in [6.45, 7) is 0.964. The highest BCUT2D eigenvalue weighted by atomic mass is 32.2. The molecule has 106 valence electrons. The molecule has 0 radical (unpaired) electrons. The number of benzene rings is 1. The molecule has 1 aliphatic carbocycles. The van der Waals surface area contributed by atoms with E-state index in [0.29, 0.717) is 6.04 Å². The summed E-state index contributed by atoms with van der Waals surface area (Å²) in [5.41, 5.74) is 2.51. The summed E-state index contributed by atoms with van der Waals surface area (Å²) in [5, 5.41) is 4.51. The van der Waals surface area contributed by atoms with Gasteiger partial charge in [0.15, 0.2) is 0 Å². The quantitative estimate of drug-likeness (QED) is 0.915. The standard InChI is InChI=1S/C16H21N3S/c1-20-16-4-2-3-15(16)18-11-13-5-7-14(8-6-13)19-10-9-17-12-19/h5-10,12,15-16,18H,2-4,11H2,1H3. The predicted molar refractivity (Wildman–Crippen MR) is 85.3 cm³/mol. The molecule has 4 heteroatoms. The van der Waals surface area contributed by atoms with E-state index < -0.39 is 0 Å². The third-order valence-electron chi connectivity index (χ3n) is 4.06. The highest BCUT2D eigenvalue weighted by Gasteiger charge is 2.25. The molecule has 3 nitrogen and oxygen atoms in total. The number of hydrogen-bond acceptors (Lipinski definition) is 3. The summed E-state index contributed by atoms with van der Waals surface area (Å²) in [6.07, 6.45) is 11.9. The van der Waals surface area contributed by atoms with Crippen molar-refractivity contribution in [2.45, 2.75) is 37.1 Å². The summed E-state index contributed by atoms with van der Waals surface area (Å²) in [6, 6.07) is 9.38. The van der Waals surface area contributed by atoms with Gasteiger partial charge >= 0.3 is 0 Å². The number of thioether (sulfide) groups is 1. The number of nitrogens with one attached hydrogen (secondary N) is 1. The van der Waals surface area contributed by atoms with E-state index in [4.69, 9.17) is 0 Å². The van der Waals surface area contributed by atoms with Crippen LogP contribution in [0.5, 0.6) is 0 Å². The van der Waals surface area contributed by atoms with Gasteiger partial charge in [-0.25, -0.2) is 4.98 Å². The third kappa shape index (κ3) is 3.07. The number of imidazole rings is 1. The predicted octanol–water partition coefficient (Wildman–Crippen LogP) is 3.25. The Kier molecular flexibility index (Phi) is 4.43. The van der Waals surface area contributed by atoms with E-state index in [1.807, 2.05) is 28.9 Å². The van der Waals surface area contributed by atoms with Gasteiger partial charge in [0.25, 0.3) is 0 Å². The molecule has 0 amide bonds. The Hall–Kier alpha value is -1.26. The minimum atomic E-state index is 0.679. The number of hydrogen-bond donors (Lipinski definition) is 1. The molecule has 1 heterocycles. The van der Waals surface area contributed by atoms with E-state index in [1.165, 1.54) is 24.8 Å². The molecule has 1 N–H and O–H groups in total. The average Bonchev–Trinajstić information content (AvgIpc) is 3.16. The van der Waals surface area contributed by atoms with Crippen molar-refractivity contribution in [1.29, 1.82) is 0 Å². The summed E-state index contributed by atoms with van der Waals surface area (Å²) < 4.78 is 2.03. The second-order valence-electron chi connectivity index (χ2n) is 5.33. The van der Waals surface area contributed by atoms with Crippen molar-refractivity contribution >= 4 is 11.8 Å². The second-order valence-corrected chi connectivity index (χ2v) is 6.41. The largest absolute Gasteiger partial charge is 0.309 e. The Morgan fingerprint density at radius 2 is 2.15 bits per heavy atom. The maximum atomic E-state index is 4.08. The number of nitrogens with zero attached hydrogens (tertiary/aromatic N) is 2. The van der Waals surface area contributed by atoms with Gasteiger partial charge in [-0.15, -0.1) is 0 Å². The Morgan fingerprint density at radius 3 is 2.85 bits per heavy atom. The lowest BCUT2D eigenvalue weighted by Crippen LogP contribution is -2.33. The van der Waals surface area contributed by atoms with E-state index >= 15 is 0 Å². The van der Waals surface area contributed by atoms with Crippen LogP contribution in [0.4, 0.5) is 0 Å². The van der Waals surface area contributed by atoms with Crippen molar-refractivity contribution in [3.63, 3.8) is 0 Å². The molecule has 1 aromatic carbocycles. The zero-order valence-corrected chi connectivity index (χ0v) is 12.6. The van der Waals surface area contributed by atoms with Crippen LogP contribution < -0.4 is 5.32 Å². The average molecular weight is 287 g/mol. The third-order valence-corrected chi connectivity index (χ3v) is 5.23. The fourth-order valence-corrected chi connectivity index (χ4v) is 3.85.